The van der Waals surface area contributed by atoms with Crippen molar-refractivity contribution >= 4 is 0 Å². The Balaban J connectivity index is 1.95. The highest BCUT2D eigenvalue weighted by atomic mass is 14.2. The summed E-state index contributed by atoms with van der Waals surface area (Å²) >= 11 is 0. The Hall–Kier alpha value is -2.34. The normalized spacial score (nSPS) is 11.8. The second kappa shape index (κ2) is 10.8. The highest BCUT2D eigenvalue weighted by molar-refractivity contribution is 5.58. The molecule has 0 bridgehead atoms. The van der Waals surface area contributed by atoms with Crippen LogP contribution in [0.1, 0.15) is 74.9 Å². The Morgan fingerprint density at radius 2 is 0.645 bits per heavy atom. The van der Waals surface area contributed by atoms with E-state index >= 15 is 0 Å². The van der Waals surface area contributed by atoms with Crippen LogP contribution >= 0.6 is 0 Å². The fourth-order valence-corrected chi connectivity index (χ4v) is 4.34. The Labute approximate surface area is 190 Å². The number of hydrogen-bond acceptors (Lipinski definition) is 0. The molecule has 0 unspecified atom stereocenters. The maximum Gasteiger partial charge on any atom is 0.0629 e. The average molecular weight is 412 g/mol. The molecule has 0 fully saturated rings. The van der Waals surface area contributed by atoms with Crippen molar-refractivity contribution in [3.05, 3.63) is 112 Å². The zero-order chi connectivity index (χ0) is 22.4. The number of rotatable bonds is 9. The minimum Gasteiger partial charge on any atom is -0.0625 e. The summed E-state index contributed by atoms with van der Waals surface area (Å²) in [7, 11) is 0. The molecule has 31 heavy (non-hydrogen) atoms. The highest BCUT2D eigenvalue weighted by Gasteiger charge is 2.18. The Bertz CT molecular complexity index is 782. The van der Waals surface area contributed by atoms with Crippen LogP contribution in [0.3, 0.4) is 0 Å². The van der Waals surface area contributed by atoms with Gasteiger partial charge in [-0.3, -0.25) is 0 Å². The van der Waals surface area contributed by atoms with Crippen LogP contribution < -0.4 is 0 Å². The maximum absolute atomic E-state index is 2.30. The van der Waals surface area contributed by atoms with Crippen LogP contribution in [0.4, 0.5) is 0 Å². The molecular formula is C31H39. The predicted octanol–water partition coefficient (Wildman–Crippen LogP) is 8.30. The Morgan fingerprint density at radius 1 is 0.419 bits per heavy atom. The smallest absolute Gasteiger partial charge is 0.0625 e. The Morgan fingerprint density at radius 3 is 0.839 bits per heavy atom. The Kier molecular flexibility index (Phi) is 8.13. The third-order valence-electron chi connectivity index (χ3n) is 5.66. The fourth-order valence-electron chi connectivity index (χ4n) is 4.34. The lowest BCUT2D eigenvalue weighted by Crippen LogP contribution is -2.06. The zero-order valence-electron chi connectivity index (χ0n) is 20.3. The van der Waals surface area contributed by atoms with E-state index in [9.17, 15) is 0 Å². The summed E-state index contributed by atoms with van der Waals surface area (Å²) in [6, 6.07) is 27.6. The van der Waals surface area contributed by atoms with Gasteiger partial charge in [0.05, 0.1) is 5.92 Å². The third kappa shape index (κ3) is 6.82. The van der Waals surface area contributed by atoms with Crippen LogP contribution in [0.5, 0.6) is 0 Å². The SMILES string of the molecule is CC(C)Cc1ccc([C](c2ccc(CC(C)C)cc2)c2ccc(CC(C)C)cc2)cc1. The molecule has 0 aliphatic heterocycles. The van der Waals surface area contributed by atoms with Crippen LogP contribution in [-0.2, 0) is 19.3 Å². The van der Waals surface area contributed by atoms with E-state index in [-0.39, 0.29) is 0 Å². The molecular weight excluding hydrogens is 372 g/mol. The summed E-state index contributed by atoms with van der Waals surface area (Å²) < 4.78 is 0. The first-order chi connectivity index (χ1) is 14.8. The largest absolute Gasteiger partial charge is 0.0629 e. The predicted molar refractivity (Wildman–Crippen MR) is 136 cm³/mol. The van der Waals surface area contributed by atoms with E-state index in [1.807, 2.05) is 0 Å². The minimum absolute atomic E-state index is 0.677. The van der Waals surface area contributed by atoms with Gasteiger partial charge in [-0.1, -0.05) is 114 Å². The first-order valence-corrected chi connectivity index (χ1v) is 12.0. The standard InChI is InChI=1S/C31H39/c1-22(2)19-25-7-13-28(14-8-25)31(29-15-9-26(10-16-29)20-23(3)4)30-17-11-27(12-18-30)21-24(5)6/h7-18,22-24H,19-21H2,1-6H3. The van der Waals surface area contributed by atoms with Crippen molar-refractivity contribution in [3.8, 4) is 0 Å². The molecule has 0 spiro atoms. The lowest BCUT2D eigenvalue weighted by atomic mass is 9.83. The van der Waals surface area contributed by atoms with Crippen molar-refractivity contribution in [3.63, 3.8) is 0 Å². The summed E-state index contributed by atoms with van der Waals surface area (Å²) in [6.07, 6.45) is 3.39. The first kappa shape index (κ1) is 23.3. The van der Waals surface area contributed by atoms with E-state index < -0.39 is 0 Å². The summed E-state index contributed by atoms with van der Waals surface area (Å²) in [4.78, 5) is 0. The molecule has 1 radical (unpaired) electrons. The molecule has 163 valence electrons. The van der Waals surface area contributed by atoms with E-state index in [0.717, 1.165) is 19.3 Å². The van der Waals surface area contributed by atoms with Gasteiger partial charge in [-0.05, 0) is 70.4 Å². The lowest BCUT2D eigenvalue weighted by Gasteiger charge is -2.20. The van der Waals surface area contributed by atoms with Crippen molar-refractivity contribution in [2.75, 3.05) is 0 Å². The molecule has 3 aromatic rings. The molecule has 3 aromatic carbocycles. The molecule has 0 N–H and O–H groups in total. The summed E-state index contributed by atoms with van der Waals surface area (Å²) in [5.74, 6) is 3.35. The third-order valence-corrected chi connectivity index (χ3v) is 5.66. The van der Waals surface area contributed by atoms with Gasteiger partial charge in [0.25, 0.3) is 0 Å². The zero-order valence-corrected chi connectivity index (χ0v) is 20.3. The molecule has 0 heteroatoms. The van der Waals surface area contributed by atoms with E-state index in [1.165, 1.54) is 39.3 Å². The first-order valence-electron chi connectivity index (χ1n) is 12.0. The van der Waals surface area contributed by atoms with Crippen LogP contribution in [0.15, 0.2) is 72.8 Å². The summed E-state index contributed by atoms with van der Waals surface area (Å²) in [5.41, 5.74) is 8.12. The fraction of sp³-hybridized carbons (Fsp3) is 0.387. The topological polar surface area (TPSA) is 0 Å². The van der Waals surface area contributed by atoms with Gasteiger partial charge >= 0.3 is 0 Å². The number of hydrogen-bond donors (Lipinski definition) is 0. The maximum atomic E-state index is 2.30. The number of benzene rings is 3. The van der Waals surface area contributed by atoms with Gasteiger partial charge in [0, 0.05) is 0 Å². The molecule has 0 nitrogen and oxygen atoms in total. The van der Waals surface area contributed by atoms with Crippen LogP contribution in [-0.4, -0.2) is 0 Å². The molecule has 0 amide bonds. The quantitative estimate of drug-likeness (QED) is 0.311. The van der Waals surface area contributed by atoms with Gasteiger partial charge in [0.15, 0.2) is 0 Å². The van der Waals surface area contributed by atoms with Crippen molar-refractivity contribution in [2.24, 2.45) is 17.8 Å². The van der Waals surface area contributed by atoms with Crippen molar-refractivity contribution in [2.45, 2.75) is 60.8 Å². The molecule has 3 rings (SSSR count). The van der Waals surface area contributed by atoms with Crippen molar-refractivity contribution in [1.82, 2.24) is 0 Å². The second-order valence-electron chi connectivity index (χ2n) is 10.3. The van der Waals surface area contributed by atoms with Crippen molar-refractivity contribution in [1.29, 1.82) is 0 Å². The van der Waals surface area contributed by atoms with Crippen molar-refractivity contribution < 1.29 is 0 Å². The van der Waals surface area contributed by atoms with E-state index in [2.05, 4.69) is 114 Å². The minimum atomic E-state index is 0.677. The molecule has 0 heterocycles. The molecule has 0 aliphatic carbocycles. The summed E-state index contributed by atoms with van der Waals surface area (Å²) in [6.45, 7) is 13.7. The molecule has 0 aliphatic rings. The lowest BCUT2D eigenvalue weighted by molar-refractivity contribution is 0.647. The van der Waals surface area contributed by atoms with Gasteiger partial charge in [0.1, 0.15) is 0 Å². The van der Waals surface area contributed by atoms with E-state index in [4.69, 9.17) is 0 Å². The van der Waals surface area contributed by atoms with Gasteiger partial charge in [-0.15, -0.1) is 0 Å². The summed E-state index contributed by atoms with van der Waals surface area (Å²) in [5, 5.41) is 0. The van der Waals surface area contributed by atoms with Crippen LogP contribution in [0.25, 0.3) is 0 Å². The second-order valence-corrected chi connectivity index (χ2v) is 10.3. The average Bonchev–Trinajstić information content (AvgIpc) is 2.71. The molecule has 0 atom stereocenters. The monoisotopic (exact) mass is 411 g/mol. The van der Waals surface area contributed by atoms with Gasteiger partial charge in [-0.25, -0.2) is 0 Å². The molecule has 0 saturated carbocycles. The van der Waals surface area contributed by atoms with Gasteiger partial charge < -0.3 is 0 Å². The molecule has 0 saturated heterocycles. The van der Waals surface area contributed by atoms with Gasteiger partial charge in [0.2, 0.25) is 0 Å². The molecule has 0 aromatic heterocycles. The van der Waals surface area contributed by atoms with Gasteiger partial charge in [-0.2, -0.15) is 0 Å². The van der Waals surface area contributed by atoms with E-state index in [1.54, 1.807) is 0 Å². The highest BCUT2D eigenvalue weighted by Crippen LogP contribution is 2.32. The van der Waals surface area contributed by atoms with E-state index in [0.29, 0.717) is 17.8 Å². The van der Waals surface area contributed by atoms with Crippen LogP contribution in [0, 0.1) is 23.7 Å². The van der Waals surface area contributed by atoms with Crippen LogP contribution in [0.2, 0.25) is 0 Å².